The predicted octanol–water partition coefficient (Wildman–Crippen LogP) is 1.99. The average molecular weight is 220 g/mol. The van der Waals surface area contributed by atoms with E-state index < -0.39 is 17.4 Å². The van der Waals surface area contributed by atoms with Crippen LogP contribution in [0.15, 0.2) is 36.9 Å². The second kappa shape index (κ2) is 4.14. The van der Waals surface area contributed by atoms with Crippen LogP contribution in [0.2, 0.25) is 0 Å². The van der Waals surface area contributed by atoms with Crippen molar-refractivity contribution in [1.82, 2.24) is 9.97 Å². The standard InChI is InChI=1S/C11H6F2N2O/c12-9-5-14-3-1-7(9)11(16)8-2-4-15-6-10(8)13/h1-6H. The maximum atomic E-state index is 13.2. The molecule has 80 valence electrons. The molecule has 0 atom stereocenters. The molecule has 0 aliphatic rings. The van der Waals surface area contributed by atoms with Crippen molar-refractivity contribution in [3.8, 4) is 0 Å². The van der Waals surface area contributed by atoms with Gasteiger partial charge in [0, 0.05) is 12.4 Å². The number of carbonyl (C=O) groups is 1. The number of hydrogen-bond acceptors (Lipinski definition) is 3. The molecule has 16 heavy (non-hydrogen) atoms. The van der Waals surface area contributed by atoms with Crippen molar-refractivity contribution in [3.63, 3.8) is 0 Å². The van der Waals surface area contributed by atoms with Gasteiger partial charge in [0.05, 0.1) is 23.5 Å². The van der Waals surface area contributed by atoms with Gasteiger partial charge in [0.25, 0.3) is 0 Å². The van der Waals surface area contributed by atoms with Gasteiger partial charge in [0.1, 0.15) is 0 Å². The summed E-state index contributed by atoms with van der Waals surface area (Å²) >= 11 is 0. The highest BCUT2D eigenvalue weighted by molar-refractivity contribution is 6.09. The largest absolute Gasteiger partial charge is 0.288 e. The van der Waals surface area contributed by atoms with E-state index in [1.54, 1.807) is 0 Å². The fourth-order valence-corrected chi connectivity index (χ4v) is 1.26. The Labute approximate surface area is 89.8 Å². The SMILES string of the molecule is O=C(c1ccncc1F)c1ccncc1F. The number of ketones is 1. The number of nitrogens with zero attached hydrogens (tertiary/aromatic N) is 2. The molecule has 0 aromatic carbocycles. The number of hydrogen-bond donors (Lipinski definition) is 0. The third-order valence-electron chi connectivity index (χ3n) is 2.03. The Balaban J connectivity index is 2.48. The molecule has 0 unspecified atom stereocenters. The van der Waals surface area contributed by atoms with Crippen molar-refractivity contribution in [2.45, 2.75) is 0 Å². The van der Waals surface area contributed by atoms with Crippen molar-refractivity contribution >= 4 is 5.78 Å². The zero-order valence-corrected chi connectivity index (χ0v) is 8.02. The topological polar surface area (TPSA) is 42.9 Å². The molecule has 2 heterocycles. The molecule has 0 saturated carbocycles. The highest BCUT2D eigenvalue weighted by atomic mass is 19.1. The molecule has 0 N–H and O–H groups in total. The summed E-state index contributed by atoms with van der Waals surface area (Å²) in [5.74, 6) is -2.27. The van der Waals surface area contributed by atoms with Gasteiger partial charge < -0.3 is 0 Å². The molecule has 2 aromatic heterocycles. The number of aromatic nitrogens is 2. The van der Waals surface area contributed by atoms with Crippen LogP contribution in [0.1, 0.15) is 15.9 Å². The molecular formula is C11H6F2N2O. The summed E-state index contributed by atoms with van der Waals surface area (Å²) in [6.45, 7) is 0. The van der Waals surface area contributed by atoms with E-state index in [1.807, 2.05) is 0 Å². The lowest BCUT2D eigenvalue weighted by atomic mass is 10.1. The average Bonchev–Trinajstić information content (AvgIpc) is 2.29. The molecule has 3 nitrogen and oxygen atoms in total. The van der Waals surface area contributed by atoms with Crippen LogP contribution in [0.4, 0.5) is 8.78 Å². The van der Waals surface area contributed by atoms with Crippen LogP contribution < -0.4 is 0 Å². The zero-order valence-electron chi connectivity index (χ0n) is 8.02. The highest BCUT2D eigenvalue weighted by Gasteiger charge is 2.17. The summed E-state index contributed by atoms with van der Waals surface area (Å²) in [5, 5.41) is 0. The van der Waals surface area contributed by atoms with E-state index in [-0.39, 0.29) is 11.1 Å². The second-order valence-electron chi connectivity index (χ2n) is 3.04. The van der Waals surface area contributed by atoms with Gasteiger partial charge in [-0.2, -0.15) is 0 Å². The van der Waals surface area contributed by atoms with E-state index in [4.69, 9.17) is 0 Å². The van der Waals surface area contributed by atoms with E-state index >= 15 is 0 Å². The Morgan fingerprint density at radius 2 is 1.38 bits per heavy atom. The third kappa shape index (κ3) is 1.79. The predicted molar refractivity (Wildman–Crippen MR) is 51.8 cm³/mol. The first-order valence-electron chi connectivity index (χ1n) is 4.44. The minimum Gasteiger partial charge on any atom is -0.288 e. The van der Waals surface area contributed by atoms with Gasteiger partial charge >= 0.3 is 0 Å². The maximum Gasteiger partial charge on any atom is 0.199 e. The van der Waals surface area contributed by atoms with Crippen LogP contribution in [-0.2, 0) is 0 Å². The number of pyridine rings is 2. The summed E-state index contributed by atoms with van der Waals surface area (Å²) in [5.41, 5.74) is -0.416. The summed E-state index contributed by atoms with van der Waals surface area (Å²) in [6, 6.07) is 2.41. The third-order valence-corrected chi connectivity index (χ3v) is 2.03. The normalized spacial score (nSPS) is 10.1. The van der Waals surface area contributed by atoms with Crippen molar-refractivity contribution in [2.24, 2.45) is 0 Å². The molecular weight excluding hydrogens is 214 g/mol. The minimum atomic E-state index is -0.774. The molecule has 0 amide bonds. The molecule has 5 heteroatoms. The van der Waals surface area contributed by atoms with Gasteiger partial charge in [0.15, 0.2) is 17.4 Å². The summed E-state index contributed by atoms with van der Waals surface area (Å²) in [6.07, 6.45) is 4.36. The molecule has 2 rings (SSSR count). The quantitative estimate of drug-likeness (QED) is 0.727. The van der Waals surface area contributed by atoms with Gasteiger partial charge in [-0.05, 0) is 12.1 Å². The second-order valence-corrected chi connectivity index (χ2v) is 3.04. The van der Waals surface area contributed by atoms with E-state index in [0.29, 0.717) is 0 Å². The Hall–Kier alpha value is -2.17. The Kier molecular flexibility index (Phi) is 2.68. The molecule has 0 radical (unpaired) electrons. The van der Waals surface area contributed by atoms with E-state index in [9.17, 15) is 13.6 Å². The first-order chi connectivity index (χ1) is 7.70. The number of carbonyl (C=O) groups excluding carboxylic acids is 1. The van der Waals surface area contributed by atoms with E-state index in [0.717, 1.165) is 12.4 Å². The molecule has 0 spiro atoms. The molecule has 2 aromatic rings. The summed E-state index contributed by atoms with van der Waals surface area (Å²) < 4.78 is 26.5. The Morgan fingerprint density at radius 1 is 0.938 bits per heavy atom. The van der Waals surface area contributed by atoms with Gasteiger partial charge in [0.2, 0.25) is 0 Å². The maximum absolute atomic E-state index is 13.2. The highest BCUT2D eigenvalue weighted by Crippen LogP contribution is 2.14. The fraction of sp³-hybridized carbons (Fsp3) is 0. The van der Waals surface area contributed by atoms with Gasteiger partial charge in [-0.1, -0.05) is 0 Å². The molecule has 0 bridgehead atoms. The van der Waals surface area contributed by atoms with Crippen LogP contribution in [-0.4, -0.2) is 15.8 Å². The zero-order chi connectivity index (χ0) is 11.5. The van der Waals surface area contributed by atoms with Crippen LogP contribution in [0.5, 0.6) is 0 Å². The smallest absolute Gasteiger partial charge is 0.199 e. The van der Waals surface area contributed by atoms with Crippen molar-refractivity contribution in [2.75, 3.05) is 0 Å². The lowest BCUT2D eigenvalue weighted by Crippen LogP contribution is -2.07. The Morgan fingerprint density at radius 3 is 1.75 bits per heavy atom. The first-order valence-corrected chi connectivity index (χ1v) is 4.44. The van der Waals surface area contributed by atoms with Crippen molar-refractivity contribution < 1.29 is 13.6 Å². The Bertz CT molecular complexity index is 496. The molecule has 0 fully saturated rings. The van der Waals surface area contributed by atoms with Gasteiger partial charge in [-0.15, -0.1) is 0 Å². The van der Waals surface area contributed by atoms with Crippen LogP contribution in [0, 0.1) is 11.6 Å². The lowest BCUT2D eigenvalue weighted by Gasteiger charge is -2.02. The van der Waals surface area contributed by atoms with Crippen molar-refractivity contribution in [3.05, 3.63) is 59.7 Å². The van der Waals surface area contributed by atoms with Gasteiger partial charge in [-0.3, -0.25) is 14.8 Å². The fourth-order valence-electron chi connectivity index (χ4n) is 1.26. The van der Waals surface area contributed by atoms with Crippen molar-refractivity contribution in [1.29, 1.82) is 0 Å². The van der Waals surface area contributed by atoms with Crippen LogP contribution in [0.3, 0.4) is 0 Å². The van der Waals surface area contributed by atoms with Crippen LogP contribution in [0.25, 0.3) is 0 Å². The lowest BCUT2D eigenvalue weighted by molar-refractivity contribution is 0.103. The monoisotopic (exact) mass is 220 g/mol. The first kappa shape index (κ1) is 10.4. The van der Waals surface area contributed by atoms with Gasteiger partial charge in [-0.25, -0.2) is 8.78 Å². The van der Waals surface area contributed by atoms with E-state index in [1.165, 1.54) is 24.5 Å². The number of halogens is 2. The minimum absolute atomic E-state index is 0.208. The summed E-state index contributed by atoms with van der Waals surface area (Å²) in [4.78, 5) is 18.8. The molecule has 0 saturated heterocycles. The van der Waals surface area contributed by atoms with E-state index in [2.05, 4.69) is 9.97 Å². The molecule has 0 aliphatic heterocycles. The van der Waals surface area contributed by atoms with Crippen LogP contribution >= 0.6 is 0 Å². The summed E-state index contributed by atoms with van der Waals surface area (Å²) in [7, 11) is 0. The molecule has 0 aliphatic carbocycles. The number of rotatable bonds is 2.